The second-order valence-electron chi connectivity index (χ2n) is 4.45. The summed E-state index contributed by atoms with van der Waals surface area (Å²) in [5.74, 6) is 0.147. The number of hydrogen-bond acceptors (Lipinski definition) is 5. The fourth-order valence-corrected chi connectivity index (χ4v) is 1.65. The molecule has 108 valence electrons. The highest BCUT2D eigenvalue weighted by molar-refractivity contribution is 5.69. The molecule has 2 aromatic rings. The molecule has 0 atom stereocenters. The van der Waals surface area contributed by atoms with Gasteiger partial charge in [0.15, 0.2) is 5.75 Å². The summed E-state index contributed by atoms with van der Waals surface area (Å²) >= 11 is 0. The molecule has 0 aliphatic carbocycles. The van der Waals surface area contributed by atoms with Crippen LogP contribution in [0.25, 0.3) is 0 Å². The topological polar surface area (TPSA) is 74.5 Å². The molecule has 0 heterocycles. The van der Waals surface area contributed by atoms with Gasteiger partial charge in [-0.1, -0.05) is 18.2 Å². The number of carbonyl (C=O) groups is 1. The monoisotopic (exact) mass is 285 g/mol. The lowest BCUT2D eigenvalue weighted by molar-refractivity contribution is 0.144. The highest BCUT2D eigenvalue weighted by atomic mass is 16.7. The zero-order valence-electron chi connectivity index (χ0n) is 11.7. The first kappa shape index (κ1) is 14.5. The lowest BCUT2D eigenvalue weighted by Gasteiger charge is -2.14. The van der Waals surface area contributed by atoms with Crippen LogP contribution < -0.4 is 9.64 Å². The van der Waals surface area contributed by atoms with Crippen LogP contribution in [0.3, 0.4) is 0 Å². The predicted octanol–water partition coefficient (Wildman–Crippen LogP) is 4.22. The Hall–Kier alpha value is -2.89. The van der Waals surface area contributed by atoms with E-state index in [1.165, 1.54) is 0 Å². The number of azo groups is 1. The molecule has 0 aromatic heterocycles. The van der Waals surface area contributed by atoms with Crippen LogP contribution in [0.1, 0.15) is 0 Å². The fourth-order valence-electron chi connectivity index (χ4n) is 1.65. The van der Waals surface area contributed by atoms with E-state index in [9.17, 15) is 4.79 Å². The molecule has 6 nitrogen and oxygen atoms in total. The summed E-state index contributed by atoms with van der Waals surface area (Å²) in [5, 5.41) is 16.9. The minimum atomic E-state index is -1.39. The quantitative estimate of drug-likeness (QED) is 0.518. The summed E-state index contributed by atoms with van der Waals surface area (Å²) in [4.78, 5) is 12.6. The highest BCUT2D eigenvalue weighted by Gasteiger charge is 2.10. The van der Waals surface area contributed by atoms with E-state index in [1.54, 1.807) is 24.3 Å². The Balaban J connectivity index is 2.33. The van der Waals surface area contributed by atoms with Crippen molar-refractivity contribution in [3.05, 3.63) is 48.5 Å². The van der Waals surface area contributed by atoms with E-state index < -0.39 is 6.16 Å². The first-order valence-electron chi connectivity index (χ1n) is 6.25. The van der Waals surface area contributed by atoms with Gasteiger partial charge in [-0.15, -0.1) is 5.11 Å². The third-order valence-corrected chi connectivity index (χ3v) is 2.69. The number of rotatable bonds is 4. The molecule has 0 amide bonds. The van der Waals surface area contributed by atoms with E-state index in [-0.39, 0.29) is 5.75 Å². The van der Waals surface area contributed by atoms with Crippen molar-refractivity contribution in [2.24, 2.45) is 10.2 Å². The molecule has 2 aromatic carbocycles. The van der Waals surface area contributed by atoms with Crippen LogP contribution in [-0.2, 0) is 0 Å². The Morgan fingerprint density at radius 2 is 1.81 bits per heavy atom. The van der Waals surface area contributed by atoms with Crippen LogP contribution in [0.2, 0.25) is 0 Å². The van der Waals surface area contributed by atoms with Gasteiger partial charge in [0.25, 0.3) is 0 Å². The van der Waals surface area contributed by atoms with Gasteiger partial charge in [-0.25, -0.2) is 4.79 Å². The van der Waals surface area contributed by atoms with Crippen molar-refractivity contribution in [1.29, 1.82) is 0 Å². The summed E-state index contributed by atoms with van der Waals surface area (Å²) < 4.78 is 4.76. The molecular formula is C15H15N3O3. The van der Waals surface area contributed by atoms with Gasteiger partial charge in [0.1, 0.15) is 5.69 Å². The van der Waals surface area contributed by atoms with Crippen LogP contribution in [0.15, 0.2) is 58.8 Å². The van der Waals surface area contributed by atoms with Crippen molar-refractivity contribution in [2.45, 2.75) is 0 Å². The smallest absolute Gasteiger partial charge is 0.449 e. The van der Waals surface area contributed by atoms with Crippen molar-refractivity contribution in [1.82, 2.24) is 0 Å². The molecule has 0 unspecified atom stereocenters. The number of nitrogens with zero attached hydrogens (tertiary/aromatic N) is 3. The third kappa shape index (κ3) is 4.04. The molecule has 2 rings (SSSR count). The SMILES string of the molecule is CN(C)c1ccc(N=Nc2ccccc2)c(OC(=O)O)c1. The summed E-state index contributed by atoms with van der Waals surface area (Å²) in [6, 6.07) is 14.3. The zero-order chi connectivity index (χ0) is 15.2. The molecule has 0 fully saturated rings. The largest absolute Gasteiger partial charge is 0.511 e. The molecule has 0 saturated carbocycles. The second kappa shape index (κ2) is 6.51. The van der Waals surface area contributed by atoms with Gasteiger partial charge in [0.2, 0.25) is 0 Å². The van der Waals surface area contributed by atoms with Crippen molar-refractivity contribution in [3.63, 3.8) is 0 Å². The van der Waals surface area contributed by atoms with Crippen LogP contribution in [0.4, 0.5) is 21.9 Å². The average molecular weight is 285 g/mol. The molecule has 21 heavy (non-hydrogen) atoms. The maximum Gasteiger partial charge on any atom is 0.511 e. The van der Waals surface area contributed by atoms with Crippen molar-refractivity contribution in [3.8, 4) is 5.75 Å². The average Bonchev–Trinajstić information content (AvgIpc) is 2.46. The van der Waals surface area contributed by atoms with Gasteiger partial charge >= 0.3 is 6.16 Å². The number of hydrogen-bond donors (Lipinski definition) is 1. The van der Waals surface area contributed by atoms with E-state index in [2.05, 4.69) is 10.2 Å². The summed E-state index contributed by atoms with van der Waals surface area (Å²) in [5.41, 5.74) is 1.84. The Morgan fingerprint density at radius 1 is 1.10 bits per heavy atom. The first-order chi connectivity index (χ1) is 10.1. The Kier molecular flexibility index (Phi) is 4.50. The number of carboxylic acid groups (broad SMARTS) is 1. The zero-order valence-corrected chi connectivity index (χ0v) is 11.7. The molecule has 0 radical (unpaired) electrons. The second-order valence-corrected chi connectivity index (χ2v) is 4.45. The van der Waals surface area contributed by atoms with Crippen molar-refractivity contribution in [2.75, 3.05) is 19.0 Å². The summed E-state index contributed by atoms with van der Waals surface area (Å²) in [7, 11) is 3.70. The molecule has 0 aliphatic heterocycles. The minimum absolute atomic E-state index is 0.147. The lowest BCUT2D eigenvalue weighted by atomic mass is 10.2. The van der Waals surface area contributed by atoms with Gasteiger partial charge in [0.05, 0.1) is 5.69 Å². The first-order valence-corrected chi connectivity index (χ1v) is 6.25. The summed E-state index contributed by atoms with van der Waals surface area (Å²) in [6.07, 6.45) is -1.39. The predicted molar refractivity (Wildman–Crippen MR) is 80.0 cm³/mol. The van der Waals surface area contributed by atoms with Crippen molar-refractivity contribution < 1.29 is 14.6 Å². The lowest BCUT2D eigenvalue weighted by Crippen LogP contribution is -2.09. The van der Waals surface area contributed by atoms with Crippen molar-refractivity contribution >= 4 is 23.2 Å². The molecule has 6 heteroatoms. The maximum absolute atomic E-state index is 10.8. The van der Waals surface area contributed by atoms with E-state index in [0.717, 1.165) is 5.69 Å². The fraction of sp³-hybridized carbons (Fsp3) is 0.133. The van der Waals surface area contributed by atoms with Crippen LogP contribution in [-0.4, -0.2) is 25.4 Å². The van der Waals surface area contributed by atoms with Crippen LogP contribution in [0.5, 0.6) is 5.75 Å². The van der Waals surface area contributed by atoms with Gasteiger partial charge < -0.3 is 14.7 Å². The molecule has 0 bridgehead atoms. The van der Waals surface area contributed by atoms with Gasteiger partial charge in [-0.05, 0) is 24.3 Å². The van der Waals surface area contributed by atoms with Gasteiger partial charge in [-0.2, -0.15) is 5.11 Å². The van der Waals surface area contributed by atoms with E-state index in [4.69, 9.17) is 9.84 Å². The Labute approximate surface area is 122 Å². The standard InChI is InChI=1S/C15H15N3O3/c1-18(2)12-8-9-13(14(10-12)21-15(19)20)17-16-11-6-4-3-5-7-11/h3-10H,1-2H3,(H,19,20). The molecular weight excluding hydrogens is 270 g/mol. The molecule has 0 saturated heterocycles. The van der Waals surface area contributed by atoms with E-state index in [0.29, 0.717) is 11.4 Å². The number of ether oxygens (including phenoxy) is 1. The minimum Gasteiger partial charge on any atom is -0.449 e. The Bertz CT molecular complexity index is 654. The molecule has 0 spiro atoms. The van der Waals surface area contributed by atoms with E-state index in [1.807, 2.05) is 43.3 Å². The number of anilines is 1. The maximum atomic E-state index is 10.8. The van der Waals surface area contributed by atoms with Crippen LogP contribution >= 0.6 is 0 Å². The molecule has 0 aliphatic rings. The Morgan fingerprint density at radius 3 is 2.43 bits per heavy atom. The third-order valence-electron chi connectivity index (χ3n) is 2.69. The van der Waals surface area contributed by atoms with Gasteiger partial charge in [0, 0.05) is 25.8 Å². The molecule has 1 N–H and O–H groups in total. The number of benzene rings is 2. The van der Waals surface area contributed by atoms with Gasteiger partial charge in [-0.3, -0.25) is 0 Å². The normalized spacial score (nSPS) is 10.6. The summed E-state index contributed by atoms with van der Waals surface area (Å²) in [6.45, 7) is 0. The highest BCUT2D eigenvalue weighted by Crippen LogP contribution is 2.33. The van der Waals surface area contributed by atoms with Crippen LogP contribution in [0, 0.1) is 0 Å². The van der Waals surface area contributed by atoms with E-state index >= 15 is 0 Å².